The monoisotopic (exact) mass is 390 g/mol. The lowest BCUT2D eigenvalue weighted by atomic mass is 10.2. The van der Waals surface area contributed by atoms with Gasteiger partial charge in [0.2, 0.25) is 0 Å². The lowest BCUT2D eigenvalue weighted by Crippen LogP contribution is -2.18. The minimum Gasteiger partial charge on any atom is -0.355 e. The lowest BCUT2D eigenvalue weighted by Gasteiger charge is -2.06. The molecule has 0 saturated heterocycles. The molecule has 6 nitrogen and oxygen atoms in total. The van der Waals surface area contributed by atoms with Crippen LogP contribution in [0.2, 0.25) is 0 Å². The Bertz CT molecular complexity index is 1180. The normalized spacial score (nSPS) is 10.8. The predicted octanol–water partition coefficient (Wildman–Crippen LogP) is 4.01. The largest absolute Gasteiger partial charge is 0.355 e. The van der Waals surface area contributed by atoms with Crippen molar-refractivity contribution in [2.45, 2.75) is 6.92 Å². The smallest absolute Gasteiger partial charge is 0.265 e. The van der Waals surface area contributed by atoms with E-state index in [2.05, 4.69) is 15.7 Å². The van der Waals surface area contributed by atoms with Crippen LogP contribution in [0.1, 0.15) is 25.7 Å². The number of rotatable bonds is 4. The van der Waals surface area contributed by atoms with E-state index in [1.54, 1.807) is 31.3 Å². The van der Waals surface area contributed by atoms with Crippen LogP contribution in [0, 0.1) is 6.92 Å². The molecule has 2 aromatic carbocycles. The zero-order valence-electron chi connectivity index (χ0n) is 15.4. The SMILES string of the molecule is CNC(=O)c1cccc(NC(=O)c2cc3c(C)nn(-c4ccccc4)c3s2)c1. The average molecular weight is 390 g/mol. The van der Waals surface area contributed by atoms with Gasteiger partial charge in [-0.3, -0.25) is 9.59 Å². The molecule has 0 radical (unpaired) electrons. The minimum absolute atomic E-state index is 0.198. The van der Waals surface area contributed by atoms with E-state index < -0.39 is 0 Å². The van der Waals surface area contributed by atoms with E-state index >= 15 is 0 Å². The van der Waals surface area contributed by atoms with Crippen molar-refractivity contribution in [3.8, 4) is 5.69 Å². The van der Waals surface area contributed by atoms with Gasteiger partial charge in [-0.05, 0) is 43.3 Å². The fourth-order valence-corrected chi connectivity index (χ4v) is 4.06. The Kier molecular flexibility index (Phi) is 4.67. The van der Waals surface area contributed by atoms with Gasteiger partial charge in [0.05, 0.1) is 16.3 Å². The third-order valence-electron chi connectivity index (χ3n) is 4.38. The highest BCUT2D eigenvalue weighted by Gasteiger charge is 2.17. The molecule has 0 aliphatic rings. The molecule has 7 heteroatoms. The van der Waals surface area contributed by atoms with Crippen molar-refractivity contribution in [3.63, 3.8) is 0 Å². The maximum atomic E-state index is 12.8. The molecule has 0 aliphatic heterocycles. The second-order valence-corrected chi connectivity index (χ2v) is 7.31. The maximum absolute atomic E-state index is 12.8. The van der Waals surface area contributed by atoms with Crippen LogP contribution in [-0.4, -0.2) is 28.6 Å². The average Bonchev–Trinajstić information content (AvgIpc) is 3.29. The minimum atomic E-state index is -0.214. The summed E-state index contributed by atoms with van der Waals surface area (Å²) in [7, 11) is 1.57. The van der Waals surface area contributed by atoms with E-state index in [0.29, 0.717) is 16.1 Å². The number of nitrogens with one attached hydrogen (secondary N) is 2. The second kappa shape index (κ2) is 7.28. The van der Waals surface area contributed by atoms with E-state index in [-0.39, 0.29) is 11.8 Å². The van der Waals surface area contributed by atoms with Crippen LogP contribution in [-0.2, 0) is 0 Å². The van der Waals surface area contributed by atoms with Crippen molar-refractivity contribution in [3.05, 3.63) is 76.8 Å². The summed E-state index contributed by atoms with van der Waals surface area (Å²) in [5.74, 6) is -0.411. The number of carbonyl (C=O) groups is 2. The molecule has 0 fully saturated rings. The summed E-state index contributed by atoms with van der Waals surface area (Å²) in [4.78, 5) is 26.1. The van der Waals surface area contributed by atoms with E-state index in [0.717, 1.165) is 21.6 Å². The van der Waals surface area contributed by atoms with E-state index in [1.807, 2.05) is 48.0 Å². The Labute approximate surface area is 165 Å². The Balaban J connectivity index is 1.65. The van der Waals surface area contributed by atoms with Crippen molar-refractivity contribution in [2.24, 2.45) is 0 Å². The van der Waals surface area contributed by atoms with Gasteiger partial charge in [-0.2, -0.15) is 5.10 Å². The first-order valence-electron chi connectivity index (χ1n) is 8.75. The standard InChI is InChI=1S/C21H18N4O2S/c1-13-17-12-18(28-21(17)25(24-13)16-9-4-3-5-10-16)20(27)23-15-8-6-7-14(11-15)19(26)22-2/h3-12H,1-2H3,(H,22,26)(H,23,27). The molecule has 0 unspecified atom stereocenters. The maximum Gasteiger partial charge on any atom is 0.265 e. The number of para-hydroxylation sites is 1. The molecule has 2 aromatic heterocycles. The lowest BCUT2D eigenvalue weighted by molar-refractivity contribution is 0.0961. The molecule has 0 aliphatic carbocycles. The molecule has 4 rings (SSSR count). The Morgan fingerprint density at radius 3 is 2.54 bits per heavy atom. The molecule has 2 heterocycles. The van der Waals surface area contributed by atoms with Gasteiger partial charge in [0.15, 0.2) is 0 Å². The van der Waals surface area contributed by atoms with Crippen molar-refractivity contribution in [2.75, 3.05) is 12.4 Å². The summed E-state index contributed by atoms with van der Waals surface area (Å²) < 4.78 is 1.86. The van der Waals surface area contributed by atoms with E-state index in [1.165, 1.54) is 11.3 Å². The van der Waals surface area contributed by atoms with Gasteiger partial charge in [-0.25, -0.2) is 4.68 Å². The first-order valence-corrected chi connectivity index (χ1v) is 9.56. The number of hydrogen-bond donors (Lipinski definition) is 2. The predicted molar refractivity (Wildman–Crippen MR) is 111 cm³/mol. The number of carbonyl (C=O) groups excluding carboxylic acids is 2. The summed E-state index contributed by atoms with van der Waals surface area (Å²) in [6, 6.07) is 18.5. The fourth-order valence-electron chi connectivity index (χ4n) is 2.98. The summed E-state index contributed by atoms with van der Waals surface area (Å²) in [5.41, 5.74) is 2.89. The van der Waals surface area contributed by atoms with Gasteiger partial charge < -0.3 is 10.6 Å². The van der Waals surface area contributed by atoms with Gasteiger partial charge in [-0.15, -0.1) is 11.3 Å². The molecule has 2 amide bonds. The first-order chi connectivity index (χ1) is 13.6. The first kappa shape index (κ1) is 17.9. The van der Waals surface area contributed by atoms with Crippen LogP contribution in [0.15, 0.2) is 60.7 Å². The van der Waals surface area contributed by atoms with Crippen LogP contribution >= 0.6 is 11.3 Å². The topological polar surface area (TPSA) is 76.0 Å². The highest BCUT2D eigenvalue weighted by molar-refractivity contribution is 7.20. The Hall–Kier alpha value is -3.45. The van der Waals surface area contributed by atoms with Crippen LogP contribution in [0.25, 0.3) is 15.9 Å². The van der Waals surface area contributed by atoms with Crippen molar-refractivity contribution >= 4 is 39.1 Å². The van der Waals surface area contributed by atoms with Gasteiger partial charge in [0.25, 0.3) is 11.8 Å². The molecule has 0 bridgehead atoms. The fraction of sp³-hybridized carbons (Fsp3) is 0.0952. The summed E-state index contributed by atoms with van der Waals surface area (Å²) in [6.07, 6.45) is 0. The van der Waals surface area contributed by atoms with Crippen molar-refractivity contribution in [1.82, 2.24) is 15.1 Å². The molecular formula is C21H18N4O2S. The van der Waals surface area contributed by atoms with Gasteiger partial charge in [-0.1, -0.05) is 24.3 Å². The summed E-state index contributed by atoms with van der Waals surface area (Å²) in [6.45, 7) is 1.93. The number of anilines is 1. The third kappa shape index (κ3) is 3.27. The van der Waals surface area contributed by atoms with Crippen LogP contribution < -0.4 is 10.6 Å². The number of thiophene rings is 1. The number of hydrogen-bond acceptors (Lipinski definition) is 4. The summed E-state index contributed by atoms with van der Waals surface area (Å²) >= 11 is 1.39. The number of aromatic nitrogens is 2. The second-order valence-electron chi connectivity index (χ2n) is 6.28. The van der Waals surface area contributed by atoms with Gasteiger partial charge >= 0.3 is 0 Å². The molecule has 2 N–H and O–H groups in total. The number of aryl methyl sites for hydroxylation is 1. The molecule has 0 atom stereocenters. The zero-order chi connectivity index (χ0) is 19.7. The highest BCUT2D eigenvalue weighted by Crippen LogP contribution is 2.30. The molecule has 4 aromatic rings. The molecule has 0 spiro atoms. The van der Waals surface area contributed by atoms with E-state index in [9.17, 15) is 9.59 Å². The van der Waals surface area contributed by atoms with Crippen LogP contribution in [0.5, 0.6) is 0 Å². The quantitative estimate of drug-likeness (QED) is 0.553. The number of nitrogens with zero attached hydrogens (tertiary/aromatic N) is 2. The van der Waals surface area contributed by atoms with Gasteiger partial charge in [0.1, 0.15) is 4.83 Å². The van der Waals surface area contributed by atoms with Crippen LogP contribution in [0.3, 0.4) is 0 Å². The highest BCUT2D eigenvalue weighted by atomic mass is 32.1. The molecule has 28 heavy (non-hydrogen) atoms. The van der Waals surface area contributed by atoms with Gasteiger partial charge in [0, 0.05) is 23.7 Å². The Morgan fingerprint density at radius 2 is 1.79 bits per heavy atom. The van der Waals surface area contributed by atoms with Crippen molar-refractivity contribution in [1.29, 1.82) is 0 Å². The number of benzene rings is 2. The number of fused-ring (bicyclic) bond motifs is 1. The third-order valence-corrected chi connectivity index (χ3v) is 5.49. The van der Waals surface area contributed by atoms with Crippen LogP contribution in [0.4, 0.5) is 5.69 Å². The molecular weight excluding hydrogens is 372 g/mol. The zero-order valence-corrected chi connectivity index (χ0v) is 16.2. The molecule has 0 saturated carbocycles. The van der Waals surface area contributed by atoms with Crippen molar-refractivity contribution < 1.29 is 9.59 Å². The summed E-state index contributed by atoms with van der Waals surface area (Å²) in [5, 5.41) is 11.0. The Morgan fingerprint density at radius 1 is 1.00 bits per heavy atom. The van der Waals surface area contributed by atoms with E-state index in [4.69, 9.17) is 0 Å². The number of amides is 2. The molecule has 140 valence electrons.